The van der Waals surface area contributed by atoms with Crippen molar-refractivity contribution >= 4 is 23.5 Å². The van der Waals surface area contributed by atoms with E-state index in [1.807, 2.05) is 6.92 Å². The van der Waals surface area contributed by atoms with Crippen LogP contribution in [0, 0.1) is 5.41 Å². The Bertz CT molecular complexity index is 339. The number of amidine groups is 1. The molecule has 116 valence electrons. The van der Waals surface area contributed by atoms with Gasteiger partial charge in [0.05, 0.1) is 0 Å². The SMILES string of the molecule is CSCCC(C)NC(=O)C1(C(N)=NO)CCCCCC1. The maximum absolute atomic E-state index is 12.7. The summed E-state index contributed by atoms with van der Waals surface area (Å²) in [6.45, 7) is 2.00. The van der Waals surface area contributed by atoms with Crippen LogP contribution >= 0.6 is 11.8 Å². The van der Waals surface area contributed by atoms with E-state index in [0.717, 1.165) is 37.9 Å². The highest BCUT2D eigenvalue weighted by Crippen LogP contribution is 2.35. The molecule has 1 fully saturated rings. The van der Waals surface area contributed by atoms with Crippen molar-refractivity contribution in [2.45, 2.75) is 57.9 Å². The quantitative estimate of drug-likeness (QED) is 0.231. The predicted molar refractivity (Wildman–Crippen MR) is 84.1 cm³/mol. The molecule has 1 unspecified atom stereocenters. The number of hydrogen-bond acceptors (Lipinski definition) is 4. The molecule has 1 amide bonds. The highest BCUT2D eigenvalue weighted by Gasteiger charge is 2.43. The van der Waals surface area contributed by atoms with Crippen molar-refractivity contribution in [3.63, 3.8) is 0 Å². The van der Waals surface area contributed by atoms with Gasteiger partial charge in [0.1, 0.15) is 5.41 Å². The minimum absolute atomic E-state index is 0.0639. The molecular formula is C14H27N3O2S. The number of hydrogen-bond donors (Lipinski definition) is 3. The first-order valence-electron chi connectivity index (χ1n) is 7.34. The van der Waals surface area contributed by atoms with Crippen molar-refractivity contribution in [2.24, 2.45) is 16.3 Å². The molecule has 1 aliphatic rings. The molecule has 1 atom stereocenters. The fourth-order valence-corrected chi connectivity index (χ4v) is 3.35. The van der Waals surface area contributed by atoms with Gasteiger partial charge in [0.25, 0.3) is 0 Å². The number of nitrogens with two attached hydrogens (primary N) is 1. The fourth-order valence-electron chi connectivity index (χ4n) is 2.76. The molecule has 0 saturated heterocycles. The number of carbonyl (C=O) groups excluding carboxylic acids is 1. The van der Waals surface area contributed by atoms with Gasteiger partial charge in [-0.05, 0) is 38.2 Å². The minimum Gasteiger partial charge on any atom is -0.409 e. The number of oxime groups is 1. The second-order valence-electron chi connectivity index (χ2n) is 5.64. The van der Waals surface area contributed by atoms with Crippen LogP contribution in [0.15, 0.2) is 5.16 Å². The van der Waals surface area contributed by atoms with Gasteiger partial charge in [-0.2, -0.15) is 11.8 Å². The lowest BCUT2D eigenvalue weighted by atomic mass is 9.78. The normalized spacial score (nSPS) is 21.0. The monoisotopic (exact) mass is 301 g/mol. The average molecular weight is 301 g/mol. The van der Waals surface area contributed by atoms with E-state index in [1.54, 1.807) is 11.8 Å². The maximum Gasteiger partial charge on any atom is 0.234 e. The largest absolute Gasteiger partial charge is 0.409 e. The Morgan fingerprint density at radius 1 is 1.40 bits per heavy atom. The third-order valence-electron chi connectivity index (χ3n) is 4.12. The first-order chi connectivity index (χ1) is 9.56. The van der Waals surface area contributed by atoms with Crippen molar-refractivity contribution in [3.05, 3.63) is 0 Å². The molecule has 0 bridgehead atoms. The molecule has 0 heterocycles. The van der Waals surface area contributed by atoms with Crippen molar-refractivity contribution in [1.82, 2.24) is 5.32 Å². The standard InChI is InChI=1S/C14H27N3O2S/c1-11(7-10-20-2)16-13(18)14(12(15)17-19)8-5-3-4-6-9-14/h11,19H,3-10H2,1-2H3,(H2,15,17)(H,16,18). The molecule has 1 saturated carbocycles. The maximum atomic E-state index is 12.7. The van der Waals surface area contributed by atoms with E-state index < -0.39 is 5.41 Å². The second kappa shape index (κ2) is 8.39. The number of nitrogens with zero attached hydrogens (tertiary/aromatic N) is 1. The van der Waals surface area contributed by atoms with Gasteiger partial charge >= 0.3 is 0 Å². The lowest BCUT2D eigenvalue weighted by Crippen LogP contribution is -2.51. The van der Waals surface area contributed by atoms with Crippen LogP contribution < -0.4 is 11.1 Å². The molecule has 20 heavy (non-hydrogen) atoms. The van der Waals surface area contributed by atoms with Crippen molar-refractivity contribution in [2.75, 3.05) is 12.0 Å². The lowest BCUT2D eigenvalue weighted by molar-refractivity contribution is -0.128. The van der Waals surface area contributed by atoms with Crippen LogP contribution in [0.25, 0.3) is 0 Å². The van der Waals surface area contributed by atoms with Gasteiger partial charge in [-0.3, -0.25) is 4.79 Å². The predicted octanol–water partition coefficient (Wildman–Crippen LogP) is 2.33. The molecule has 0 aromatic heterocycles. The van der Waals surface area contributed by atoms with Crippen LogP contribution in [0.3, 0.4) is 0 Å². The third-order valence-corrected chi connectivity index (χ3v) is 4.77. The van der Waals surface area contributed by atoms with Gasteiger partial charge in [-0.1, -0.05) is 30.8 Å². The molecule has 0 radical (unpaired) electrons. The Morgan fingerprint density at radius 2 is 2.00 bits per heavy atom. The summed E-state index contributed by atoms with van der Waals surface area (Å²) in [7, 11) is 0. The molecule has 5 nitrogen and oxygen atoms in total. The van der Waals surface area contributed by atoms with Gasteiger partial charge < -0.3 is 16.3 Å². The first-order valence-corrected chi connectivity index (χ1v) is 8.74. The number of nitrogens with one attached hydrogen (secondary N) is 1. The van der Waals surface area contributed by atoms with E-state index >= 15 is 0 Å². The summed E-state index contributed by atoms with van der Waals surface area (Å²) in [4.78, 5) is 12.7. The Kier molecular flexibility index (Phi) is 7.19. The van der Waals surface area contributed by atoms with Gasteiger partial charge in [0, 0.05) is 6.04 Å². The highest BCUT2D eigenvalue weighted by atomic mass is 32.2. The van der Waals surface area contributed by atoms with Crippen molar-refractivity contribution in [1.29, 1.82) is 0 Å². The second-order valence-corrected chi connectivity index (χ2v) is 6.62. The van der Waals surface area contributed by atoms with Crippen molar-refractivity contribution < 1.29 is 10.0 Å². The summed E-state index contributed by atoms with van der Waals surface area (Å²) < 4.78 is 0. The molecule has 0 aliphatic heterocycles. The zero-order chi connectivity index (χ0) is 15.0. The Balaban J connectivity index is 2.79. The number of thioether (sulfide) groups is 1. The smallest absolute Gasteiger partial charge is 0.234 e. The zero-order valence-corrected chi connectivity index (χ0v) is 13.3. The molecular weight excluding hydrogens is 274 g/mol. The van der Waals surface area contributed by atoms with Crippen LogP contribution in [0.2, 0.25) is 0 Å². The van der Waals surface area contributed by atoms with E-state index in [4.69, 9.17) is 10.9 Å². The topological polar surface area (TPSA) is 87.7 Å². The zero-order valence-electron chi connectivity index (χ0n) is 12.5. The lowest BCUT2D eigenvalue weighted by Gasteiger charge is -2.31. The summed E-state index contributed by atoms with van der Waals surface area (Å²) in [5, 5.41) is 15.2. The fraction of sp³-hybridized carbons (Fsp3) is 0.857. The van der Waals surface area contributed by atoms with E-state index in [1.165, 1.54) is 0 Å². The van der Waals surface area contributed by atoms with E-state index in [9.17, 15) is 4.79 Å². The van der Waals surface area contributed by atoms with Crippen LogP contribution in [0.4, 0.5) is 0 Å². The molecule has 4 N–H and O–H groups in total. The van der Waals surface area contributed by atoms with Crippen LogP contribution in [-0.4, -0.2) is 35.0 Å². The molecule has 0 spiro atoms. The first kappa shape index (κ1) is 17.1. The van der Waals surface area contributed by atoms with Crippen LogP contribution in [0.1, 0.15) is 51.9 Å². The summed E-state index contributed by atoms with van der Waals surface area (Å²) in [5.74, 6) is 0.996. The van der Waals surface area contributed by atoms with Crippen LogP contribution in [-0.2, 0) is 4.79 Å². The van der Waals surface area contributed by atoms with Gasteiger partial charge in [0.2, 0.25) is 5.91 Å². The van der Waals surface area contributed by atoms with Gasteiger partial charge in [-0.25, -0.2) is 0 Å². The van der Waals surface area contributed by atoms with Gasteiger partial charge in [-0.15, -0.1) is 0 Å². The van der Waals surface area contributed by atoms with E-state index in [0.29, 0.717) is 12.8 Å². The summed E-state index contributed by atoms with van der Waals surface area (Å²) in [5.41, 5.74) is 5.04. The molecule has 6 heteroatoms. The summed E-state index contributed by atoms with van der Waals surface area (Å²) in [6.07, 6.45) is 8.43. The minimum atomic E-state index is -0.821. The highest BCUT2D eigenvalue weighted by molar-refractivity contribution is 7.98. The molecule has 0 aromatic rings. The Hall–Kier alpha value is -0.910. The van der Waals surface area contributed by atoms with E-state index in [2.05, 4.69) is 16.7 Å². The van der Waals surface area contributed by atoms with E-state index in [-0.39, 0.29) is 17.8 Å². The number of rotatable bonds is 6. The Morgan fingerprint density at radius 3 is 2.50 bits per heavy atom. The average Bonchev–Trinajstić information content (AvgIpc) is 2.70. The van der Waals surface area contributed by atoms with Crippen LogP contribution in [0.5, 0.6) is 0 Å². The summed E-state index contributed by atoms with van der Waals surface area (Å²) >= 11 is 1.77. The van der Waals surface area contributed by atoms with Gasteiger partial charge in [0.15, 0.2) is 5.84 Å². The van der Waals surface area contributed by atoms with Crippen molar-refractivity contribution in [3.8, 4) is 0 Å². The number of amides is 1. The Labute approximate surface area is 125 Å². The molecule has 1 aliphatic carbocycles. The number of carbonyl (C=O) groups is 1. The molecule has 0 aromatic carbocycles. The summed E-state index contributed by atoms with van der Waals surface area (Å²) in [6, 6.07) is 0.113. The third kappa shape index (κ3) is 4.30. The molecule has 1 rings (SSSR count).